The number of aromatic nitrogens is 1. The van der Waals surface area contributed by atoms with Crippen LogP contribution in [0.5, 0.6) is 5.75 Å². The van der Waals surface area contributed by atoms with Gasteiger partial charge in [0.25, 0.3) is 5.91 Å². The zero-order valence-corrected chi connectivity index (χ0v) is 14.1. The third-order valence-electron chi connectivity index (χ3n) is 3.98. The van der Waals surface area contributed by atoms with E-state index in [1.54, 1.807) is 11.1 Å². The molecule has 0 bridgehead atoms. The first-order valence-corrected chi connectivity index (χ1v) is 7.72. The van der Waals surface area contributed by atoms with E-state index in [0.29, 0.717) is 18.0 Å². The fourth-order valence-corrected chi connectivity index (χ4v) is 2.82. The van der Waals surface area contributed by atoms with Crippen LogP contribution >= 0.6 is 12.4 Å². The van der Waals surface area contributed by atoms with Gasteiger partial charge < -0.3 is 4.74 Å². The molecule has 1 amide bonds. The molecule has 2 atom stereocenters. The van der Waals surface area contributed by atoms with Gasteiger partial charge in [-0.2, -0.15) is 0 Å². The average molecular weight is 333 g/mol. The summed E-state index contributed by atoms with van der Waals surface area (Å²) in [7, 11) is 0. The third-order valence-corrected chi connectivity index (χ3v) is 3.98. The van der Waals surface area contributed by atoms with Crippen LogP contribution in [-0.2, 0) is 4.79 Å². The second-order valence-electron chi connectivity index (χ2n) is 5.52. The van der Waals surface area contributed by atoms with Crippen molar-refractivity contribution in [2.45, 2.75) is 38.8 Å². The lowest BCUT2D eigenvalue weighted by Gasteiger charge is -2.37. The lowest BCUT2D eigenvalue weighted by Crippen LogP contribution is -2.47. The maximum absolute atomic E-state index is 12.9. The minimum atomic E-state index is -0.423. The van der Waals surface area contributed by atoms with Crippen molar-refractivity contribution in [1.82, 2.24) is 4.98 Å². The average Bonchev–Trinajstić information content (AvgIpc) is 2.56. The Morgan fingerprint density at radius 3 is 2.65 bits per heavy atom. The Hall–Kier alpha value is -2.07. The van der Waals surface area contributed by atoms with Gasteiger partial charge in [0.1, 0.15) is 0 Å². The first-order chi connectivity index (χ1) is 10.7. The number of benzene rings is 1. The van der Waals surface area contributed by atoms with Gasteiger partial charge in [-0.15, -0.1) is 12.4 Å². The number of pyridine rings is 1. The smallest absolute Gasteiger partial charge is 0.269 e. The van der Waals surface area contributed by atoms with Gasteiger partial charge in [-0.25, -0.2) is 4.98 Å². The predicted molar refractivity (Wildman–Crippen MR) is 93.2 cm³/mol. The van der Waals surface area contributed by atoms with Crippen LogP contribution in [0.1, 0.15) is 38.3 Å². The largest absolute Gasteiger partial charge is 0.477 e. The molecule has 0 radical (unpaired) electrons. The van der Waals surface area contributed by atoms with Gasteiger partial charge >= 0.3 is 0 Å². The summed E-state index contributed by atoms with van der Waals surface area (Å²) in [5.74, 6) is 1.28. The number of hydrogen-bond acceptors (Lipinski definition) is 3. The van der Waals surface area contributed by atoms with Crippen LogP contribution < -0.4 is 9.64 Å². The Morgan fingerprint density at radius 1 is 1.22 bits per heavy atom. The molecule has 2 unspecified atom stereocenters. The summed E-state index contributed by atoms with van der Waals surface area (Å²) < 4.78 is 5.85. The summed E-state index contributed by atoms with van der Waals surface area (Å²) in [6, 6.07) is 13.6. The Kier molecular flexibility index (Phi) is 5.61. The minimum absolute atomic E-state index is 0. The van der Waals surface area contributed by atoms with Crippen molar-refractivity contribution in [2.24, 2.45) is 0 Å². The van der Waals surface area contributed by atoms with Crippen LogP contribution in [0.15, 0.2) is 48.7 Å². The highest BCUT2D eigenvalue weighted by Crippen LogP contribution is 2.37. The van der Waals surface area contributed by atoms with Crippen molar-refractivity contribution in [3.63, 3.8) is 0 Å². The van der Waals surface area contributed by atoms with Gasteiger partial charge in [0, 0.05) is 6.20 Å². The van der Waals surface area contributed by atoms with Crippen molar-refractivity contribution in [1.29, 1.82) is 0 Å². The van der Waals surface area contributed by atoms with Gasteiger partial charge in [-0.05, 0) is 31.0 Å². The Labute approximate surface area is 142 Å². The quantitative estimate of drug-likeness (QED) is 0.844. The Morgan fingerprint density at radius 2 is 1.96 bits per heavy atom. The number of anilines is 1. The highest BCUT2D eigenvalue weighted by molar-refractivity contribution is 5.99. The number of halogens is 1. The fraction of sp³-hybridized carbons (Fsp3) is 0.333. The molecule has 1 aromatic heterocycles. The van der Waals surface area contributed by atoms with Crippen LogP contribution in [0.25, 0.3) is 0 Å². The van der Waals surface area contributed by atoms with E-state index in [9.17, 15) is 4.79 Å². The summed E-state index contributed by atoms with van der Waals surface area (Å²) in [4.78, 5) is 19.0. The number of fused-ring (bicyclic) bond motifs is 1. The number of amides is 1. The van der Waals surface area contributed by atoms with Crippen molar-refractivity contribution in [3.8, 4) is 5.75 Å². The summed E-state index contributed by atoms with van der Waals surface area (Å²) >= 11 is 0. The minimum Gasteiger partial charge on any atom is -0.477 e. The van der Waals surface area contributed by atoms with Crippen LogP contribution in [0.2, 0.25) is 0 Å². The number of carbonyl (C=O) groups excluding carboxylic acids is 1. The maximum Gasteiger partial charge on any atom is 0.269 e. The first-order valence-electron chi connectivity index (χ1n) is 7.72. The molecule has 0 saturated heterocycles. The monoisotopic (exact) mass is 332 g/mol. The second-order valence-corrected chi connectivity index (χ2v) is 5.52. The Bertz CT molecular complexity index is 663. The van der Waals surface area contributed by atoms with E-state index in [4.69, 9.17) is 4.74 Å². The standard InChI is InChI=1S/C18H20N2O2.ClH/c1-3-8-16-18(21)20(13(2)14-9-5-4-6-10-14)17-15(22-16)11-7-12-19-17;/h4-7,9-13,16H,3,8H2,1-2H3;1H. The number of ether oxygens (including phenoxy) is 1. The van der Waals surface area contributed by atoms with Crippen molar-refractivity contribution >= 4 is 24.1 Å². The number of carbonyl (C=O) groups is 1. The Balaban J connectivity index is 0.00000192. The first kappa shape index (κ1) is 17.3. The lowest BCUT2D eigenvalue weighted by atomic mass is 10.0. The zero-order chi connectivity index (χ0) is 15.5. The van der Waals surface area contributed by atoms with Gasteiger partial charge in [0.05, 0.1) is 6.04 Å². The predicted octanol–water partition coefficient (Wildman–Crippen LogP) is 4.16. The van der Waals surface area contributed by atoms with Crippen LogP contribution in [0.3, 0.4) is 0 Å². The summed E-state index contributed by atoms with van der Waals surface area (Å²) in [6.45, 7) is 4.08. The molecular weight excluding hydrogens is 312 g/mol. The van der Waals surface area contributed by atoms with Crippen molar-refractivity contribution < 1.29 is 9.53 Å². The molecule has 1 aliphatic heterocycles. The van der Waals surface area contributed by atoms with E-state index >= 15 is 0 Å². The molecule has 122 valence electrons. The number of nitrogens with zero attached hydrogens (tertiary/aromatic N) is 2. The molecule has 5 heteroatoms. The normalized spacial score (nSPS) is 17.7. The number of rotatable bonds is 4. The summed E-state index contributed by atoms with van der Waals surface area (Å²) in [6.07, 6.45) is 2.89. The topological polar surface area (TPSA) is 42.4 Å². The third kappa shape index (κ3) is 3.32. The van der Waals surface area contributed by atoms with E-state index in [-0.39, 0.29) is 24.4 Å². The molecule has 1 aromatic carbocycles. The van der Waals surface area contributed by atoms with Gasteiger partial charge in [-0.1, -0.05) is 43.7 Å². The molecule has 2 heterocycles. The molecule has 0 saturated carbocycles. The van der Waals surface area contributed by atoms with Crippen LogP contribution in [-0.4, -0.2) is 17.0 Å². The highest BCUT2D eigenvalue weighted by atomic mass is 35.5. The second kappa shape index (κ2) is 7.47. The fourth-order valence-electron chi connectivity index (χ4n) is 2.82. The summed E-state index contributed by atoms with van der Waals surface area (Å²) in [5, 5.41) is 0. The van der Waals surface area contributed by atoms with E-state index in [1.807, 2.05) is 49.4 Å². The molecule has 0 N–H and O–H groups in total. The van der Waals surface area contributed by atoms with E-state index in [0.717, 1.165) is 12.0 Å². The molecule has 3 rings (SSSR count). The van der Waals surface area contributed by atoms with Crippen molar-refractivity contribution in [3.05, 3.63) is 54.2 Å². The molecule has 23 heavy (non-hydrogen) atoms. The van der Waals surface area contributed by atoms with E-state index < -0.39 is 6.10 Å². The van der Waals surface area contributed by atoms with Gasteiger partial charge in [0.15, 0.2) is 17.7 Å². The summed E-state index contributed by atoms with van der Waals surface area (Å²) in [5.41, 5.74) is 1.09. The number of hydrogen-bond donors (Lipinski definition) is 0. The lowest BCUT2D eigenvalue weighted by molar-refractivity contribution is -0.127. The SMILES string of the molecule is CCCC1Oc2cccnc2N(C(C)c2ccccc2)C1=O.Cl. The molecule has 1 aliphatic rings. The van der Waals surface area contributed by atoms with E-state index in [2.05, 4.69) is 11.9 Å². The van der Waals surface area contributed by atoms with E-state index in [1.165, 1.54) is 0 Å². The van der Waals surface area contributed by atoms with Gasteiger partial charge in [0.2, 0.25) is 0 Å². The molecule has 4 nitrogen and oxygen atoms in total. The van der Waals surface area contributed by atoms with Crippen LogP contribution in [0.4, 0.5) is 5.82 Å². The molecule has 0 spiro atoms. The molecule has 2 aromatic rings. The van der Waals surface area contributed by atoms with Crippen molar-refractivity contribution in [2.75, 3.05) is 4.90 Å². The maximum atomic E-state index is 12.9. The molecular formula is C18H21ClN2O2. The zero-order valence-electron chi connectivity index (χ0n) is 13.3. The highest BCUT2D eigenvalue weighted by Gasteiger charge is 2.37. The molecule has 0 aliphatic carbocycles. The van der Waals surface area contributed by atoms with Gasteiger partial charge in [-0.3, -0.25) is 9.69 Å². The molecule has 0 fully saturated rings. The van der Waals surface area contributed by atoms with Crippen LogP contribution in [0, 0.1) is 0 Å².